The predicted molar refractivity (Wildman–Crippen MR) is 98.3 cm³/mol. The lowest BCUT2D eigenvalue weighted by atomic mass is 10.3. The molecule has 2 aromatic rings. The van der Waals surface area contributed by atoms with Crippen LogP contribution in [0.4, 0.5) is 16.2 Å². The monoisotopic (exact) mass is 438 g/mol. The van der Waals surface area contributed by atoms with Gasteiger partial charge in [0.2, 0.25) is 20.0 Å². The average Bonchev–Trinajstić information content (AvgIpc) is 2.49. The molecule has 2 rings (SSSR count). The smallest absolute Gasteiger partial charge is 0.306 e. The molecule has 0 aliphatic heterocycles. The minimum absolute atomic E-state index is 0.176. The topological polar surface area (TPSA) is 161 Å². The SMILES string of the molecule is NS(=O)(=O)c1ccc(NC(=O)Nc2cc(Cl)ccc2Cl)c(S(N)(=O)=O)c1. The molecule has 2 amide bonds. The molecule has 0 saturated carbocycles. The summed E-state index contributed by atoms with van der Waals surface area (Å²) in [4.78, 5) is 11.0. The molecule has 6 N–H and O–H groups in total. The molecule has 0 unspecified atom stereocenters. The van der Waals surface area contributed by atoms with Gasteiger partial charge in [0.1, 0.15) is 4.90 Å². The number of amides is 2. The summed E-state index contributed by atoms with van der Waals surface area (Å²) in [7, 11) is -8.53. The maximum Gasteiger partial charge on any atom is 0.323 e. The second kappa shape index (κ2) is 7.39. The van der Waals surface area contributed by atoms with E-state index in [4.69, 9.17) is 33.5 Å². The van der Waals surface area contributed by atoms with Crippen molar-refractivity contribution < 1.29 is 21.6 Å². The van der Waals surface area contributed by atoms with Crippen LogP contribution in [0.25, 0.3) is 0 Å². The van der Waals surface area contributed by atoms with Gasteiger partial charge in [-0.2, -0.15) is 0 Å². The van der Waals surface area contributed by atoms with Gasteiger partial charge in [0.25, 0.3) is 0 Å². The van der Waals surface area contributed by atoms with Crippen LogP contribution in [0.3, 0.4) is 0 Å². The number of benzene rings is 2. The first-order chi connectivity index (χ1) is 11.9. The van der Waals surface area contributed by atoms with E-state index >= 15 is 0 Å². The highest BCUT2D eigenvalue weighted by atomic mass is 35.5. The van der Waals surface area contributed by atoms with E-state index in [0.717, 1.165) is 18.2 Å². The molecule has 26 heavy (non-hydrogen) atoms. The van der Waals surface area contributed by atoms with Crippen molar-refractivity contribution in [3.05, 3.63) is 46.4 Å². The Bertz CT molecular complexity index is 1090. The highest BCUT2D eigenvalue weighted by Crippen LogP contribution is 2.27. The lowest BCUT2D eigenvalue weighted by molar-refractivity contribution is 0.262. The van der Waals surface area contributed by atoms with Crippen molar-refractivity contribution in [2.75, 3.05) is 10.6 Å². The lowest BCUT2D eigenvalue weighted by Gasteiger charge is -2.13. The van der Waals surface area contributed by atoms with Crippen LogP contribution >= 0.6 is 23.2 Å². The first-order valence-corrected chi connectivity index (χ1v) is 10.5. The Kier molecular flexibility index (Phi) is 5.80. The van der Waals surface area contributed by atoms with Gasteiger partial charge in [0, 0.05) is 5.02 Å². The van der Waals surface area contributed by atoms with Crippen molar-refractivity contribution in [3.63, 3.8) is 0 Å². The van der Waals surface area contributed by atoms with E-state index in [0.29, 0.717) is 5.02 Å². The minimum atomic E-state index is -4.36. The van der Waals surface area contributed by atoms with Gasteiger partial charge in [-0.15, -0.1) is 0 Å². The molecule has 0 saturated heterocycles. The third-order valence-electron chi connectivity index (χ3n) is 3.01. The minimum Gasteiger partial charge on any atom is -0.306 e. The fourth-order valence-corrected chi connectivity index (χ4v) is 3.56. The van der Waals surface area contributed by atoms with Gasteiger partial charge in [0.15, 0.2) is 0 Å². The molecule has 0 spiro atoms. The van der Waals surface area contributed by atoms with Crippen molar-refractivity contribution in [1.82, 2.24) is 0 Å². The third kappa shape index (κ3) is 5.06. The second-order valence-corrected chi connectivity index (χ2v) is 8.89. The molecule has 2 aromatic carbocycles. The van der Waals surface area contributed by atoms with E-state index in [2.05, 4.69) is 10.6 Å². The highest BCUT2D eigenvalue weighted by molar-refractivity contribution is 7.90. The maximum absolute atomic E-state index is 12.1. The van der Waals surface area contributed by atoms with Gasteiger partial charge in [0.05, 0.1) is 21.3 Å². The normalized spacial score (nSPS) is 11.8. The molecule has 0 aliphatic rings. The van der Waals surface area contributed by atoms with E-state index < -0.39 is 35.9 Å². The van der Waals surface area contributed by atoms with Gasteiger partial charge < -0.3 is 10.6 Å². The summed E-state index contributed by atoms with van der Waals surface area (Å²) < 4.78 is 46.1. The molecule has 0 fully saturated rings. The zero-order valence-electron chi connectivity index (χ0n) is 12.7. The van der Waals surface area contributed by atoms with Gasteiger partial charge in [-0.3, -0.25) is 0 Å². The molecule has 0 heterocycles. The van der Waals surface area contributed by atoms with E-state index in [1.54, 1.807) is 0 Å². The van der Waals surface area contributed by atoms with Crippen molar-refractivity contribution in [2.24, 2.45) is 10.3 Å². The second-order valence-electron chi connectivity index (χ2n) is 4.95. The zero-order chi connectivity index (χ0) is 19.7. The number of rotatable bonds is 4. The summed E-state index contributed by atoms with van der Waals surface area (Å²) in [5, 5.41) is 15.2. The number of nitrogens with two attached hydrogens (primary N) is 2. The number of anilines is 2. The number of carbonyl (C=O) groups is 1. The summed E-state index contributed by atoms with van der Waals surface area (Å²) in [6.07, 6.45) is 0. The predicted octanol–water partition coefficient (Wildman–Crippen LogP) is 1.93. The highest BCUT2D eigenvalue weighted by Gasteiger charge is 2.20. The van der Waals surface area contributed by atoms with Crippen LogP contribution in [0.5, 0.6) is 0 Å². The van der Waals surface area contributed by atoms with Crippen LogP contribution in [-0.4, -0.2) is 22.9 Å². The molecular formula is C13H12Cl2N4O5S2. The number of nitrogens with one attached hydrogen (secondary N) is 2. The summed E-state index contributed by atoms with van der Waals surface area (Å²) in [5.74, 6) is 0. The molecule has 9 nitrogen and oxygen atoms in total. The number of primary sulfonamides is 2. The molecule has 13 heteroatoms. The van der Waals surface area contributed by atoms with Gasteiger partial charge in [-0.25, -0.2) is 31.9 Å². The van der Waals surface area contributed by atoms with Crippen LogP contribution in [-0.2, 0) is 20.0 Å². The first-order valence-electron chi connectivity index (χ1n) is 6.60. The lowest BCUT2D eigenvalue weighted by Crippen LogP contribution is -2.23. The van der Waals surface area contributed by atoms with Crippen molar-refractivity contribution in [2.45, 2.75) is 9.79 Å². The van der Waals surface area contributed by atoms with Crippen LogP contribution < -0.4 is 20.9 Å². The quantitative estimate of drug-likeness (QED) is 0.572. The molecule has 0 aromatic heterocycles. The maximum atomic E-state index is 12.1. The third-order valence-corrected chi connectivity index (χ3v) is 5.44. The fourth-order valence-electron chi connectivity index (χ4n) is 1.89. The van der Waals surface area contributed by atoms with Gasteiger partial charge >= 0.3 is 6.03 Å². The van der Waals surface area contributed by atoms with E-state index in [1.807, 2.05) is 0 Å². The summed E-state index contributed by atoms with van der Waals surface area (Å²) >= 11 is 11.7. The van der Waals surface area contributed by atoms with E-state index in [-0.39, 0.29) is 16.4 Å². The Balaban J connectivity index is 2.36. The Hall–Kier alpha value is -1.89. The molecule has 0 bridgehead atoms. The van der Waals surface area contributed by atoms with E-state index in [1.165, 1.54) is 18.2 Å². The summed E-state index contributed by atoms with van der Waals surface area (Å²) in [5.41, 5.74) is -0.0782. The van der Waals surface area contributed by atoms with Crippen molar-refractivity contribution >= 4 is 60.7 Å². The Morgan fingerprint density at radius 3 is 2.04 bits per heavy atom. The average molecular weight is 439 g/mol. The molecule has 0 atom stereocenters. The van der Waals surface area contributed by atoms with Crippen LogP contribution in [0.15, 0.2) is 46.2 Å². The molecule has 0 radical (unpaired) electrons. The van der Waals surface area contributed by atoms with Gasteiger partial charge in [-0.05, 0) is 36.4 Å². The Labute approximate surface area is 159 Å². The van der Waals surface area contributed by atoms with Crippen LogP contribution in [0, 0.1) is 0 Å². The first kappa shape index (κ1) is 20.4. The van der Waals surface area contributed by atoms with Gasteiger partial charge in [-0.1, -0.05) is 23.2 Å². The summed E-state index contributed by atoms with van der Waals surface area (Å²) in [6.45, 7) is 0. The Morgan fingerprint density at radius 1 is 0.846 bits per heavy atom. The number of hydrogen-bond donors (Lipinski definition) is 4. The largest absolute Gasteiger partial charge is 0.323 e. The standard InChI is InChI=1S/C13H12Cl2N4O5S2/c14-7-1-3-9(15)11(5-7)19-13(20)18-10-4-2-8(25(16,21)22)6-12(10)26(17,23)24/h1-6H,(H2,16,21,22)(H2,17,23,24)(H2,18,19,20). The molecule has 140 valence electrons. The van der Waals surface area contributed by atoms with Crippen molar-refractivity contribution in [3.8, 4) is 0 Å². The molecule has 0 aliphatic carbocycles. The number of urea groups is 1. The number of hydrogen-bond acceptors (Lipinski definition) is 5. The zero-order valence-corrected chi connectivity index (χ0v) is 15.9. The fraction of sp³-hybridized carbons (Fsp3) is 0. The van der Waals surface area contributed by atoms with Crippen LogP contribution in [0.1, 0.15) is 0 Å². The summed E-state index contributed by atoms with van der Waals surface area (Å²) in [6, 6.07) is 6.29. The number of sulfonamides is 2. The number of halogens is 2. The van der Waals surface area contributed by atoms with Crippen LogP contribution in [0.2, 0.25) is 10.0 Å². The number of carbonyl (C=O) groups excluding carboxylic acids is 1. The van der Waals surface area contributed by atoms with Crippen molar-refractivity contribution in [1.29, 1.82) is 0 Å². The Morgan fingerprint density at radius 2 is 1.46 bits per heavy atom. The molecular weight excluding hydrogens is 427 g/mol. The van der Waals surface area contributed by atoms with E-state index in [9.17, 15) is 21.6 Å².